The summed E-state index contributed by atoms with van der Waals surface area (Å²) in [5.41, 5.74) is -1.05. The molecule has 0 spiro atoms. The minimum Gasteiger partial charge on any atom is -0.383 e. The van der Waals surface area contributed by atoms with Crippen LogP contribution in [0.5, 0.6) is 0 Å². The van der Waals surface area contributed by atoms with Crippen LogP contribution in [0.15, 0.2) is 30.5 Å². The summed E-state index contributed by atoms with van der Waals surface area (Å²) in [6.45, 7) is 4.34. The Kier molecular flexibility index (Phi) is 7.62. The number of fused-ring (bicyclic) bond motifs is 1. The molecule has 1 fully saturated rings. The summed E-state index contributed by atoms with van der Waals surface area (Å²) in [5, 5.41) is 15.1. The highest BCUT2D eigenvalue weighted by molar-refractivity contribution is 5.91. The fourth-order valence-electron chi connectivity index (χ4n) is 4.18. The lowest BCUT2D eigenvalue weighted by molar-refractivity contribution is -0.385. The molecule has 0 radical (unpaired) electrons. The Labute approximate surface area is 211 Å². The lowest BCUT2D eigenvalue weighted by Crippen LogP contribution is -2.25. The van der Waals surface area contributed by atoms with Crippen molar-refractivity contribution in [2.75, 3.05) is 55.5 Å². The number of nitrogens with one attached hydrogen (secondary N) is 1. The van der Waals surface area contributed by atoms with Crippen molar-refractivity contribution in [3.63, 3.8) is 0 Å². The van der Waals surface area contributed by atoms with Crippen LogP contribution in [0.2, 0.25) is 0 Å². The van der Waals surface area contributed by atoms with Gasteiger partial charge in [0.05, 0.1) is 34.8 Å². The third kappa shape index (κ3) is 5.98. The topological polar surface area (TPSA) is 110 Å². The lowest BCUT2D eigenvalue weighted by atomic mass is 10.0. The molecule has 1 aliphatic heterocycles. The molecule has 2 aromatic heterocycles. The second kappa shape index (κ2) is 10.7. The quantitative estimate of drug-likeness (QED) is 0.315. The van der Waals surface area contributed by atoms with Gasteiger partial charge in [0.25, 0.3) is 5.69 Å². The molecule has 1 N–H and O–H groups in total. The molecule has 37 heavy (non-hydrogen) atoms. The van der Waals surface area contributed by atoms with E-state index in [0.29, 0.717) is 41.9 Å². The number of likely N-dealkylation sites (N-methyl/N-ethyl adjacent to an activating group) is 1. The van der Waals surface area contributed by atoms with Crippen molar-refractivity contribution in [1.29, 1.82) is 0 Å². The molecular weight excluding hydrogens is 491 g/mol. The van der Waals surface area contributed by atoms with Gasteiger partial charge in [0, 0.05) is 51.3 Å². The molecule has 10 nitrogen and oxygen atoms in total. The average molecular weight is 520 g/mol. The van der Waals surface area contributed by atoms with E-state index in [9.17, 15) is 23.3 Å². The van der Waals surface area contributed by atoms with Crippen LogP contribution in [0.25, 0.3) is 10.9 Å². The first-order valence-corrected chi connectivity index (χ1v) is 11.8. The fourth-order valence-corrected chi connectivity index (χ4v) is 4.18. The Morgan fingerprint density at radius 2 is 1.95 bits per heavy atom. The molecule has 1 aliphatic rings. The first kappa shape index (κ1) is 26.3. The molecule has 198 valence electrons. The van der Waals surface area contributed by atoms with Gasteiger partial charge in [-0.1, -0.05) is 0 Å². The Hall–Kier alpha value is -3.74. The van der Waals surface area contributed by atoms with E-state index in [1.165, 1.54) is 0 Å². The van der Waals surface area contributed by atoms with Crippen molar-refractivity contribution >= 4 is 34.2 Å². The molecule has 4 rings (SSSR count). The molecule has 13 heteroatoms. The van der Waals surface area contributed by atoms with Crippen LogP contribution < -0.4 is 15.1 Å². The lowest BCUT2D eigenvalue weighted by Gasteiger charge is -2.22. The molecule has 0 unspecified atom stereocenters. The van der Waals surface area contributed by atoms with Crippen molar-refractivity contribution in [2.45, 2.75) is 32.0 Å². The van der Waals surface area contributed by atoms with Gasteiger partial charge in [-0.15, -0.1) is 0 Å². The summed E-state index contributed by atoms with van der Waals surface area (Å²) in [6, 6.07) is 3.71. The number of nitro benzene ring substituents is 1. The highest BCUT2D eigenvalue weighted by atomic mass is 19.4. The zero-order chi connectivity index (χ0) is 26.7. The maximum atomic E-state index is 13.5. The number of benzene rings is 1. The monoisotopic (exact) mass is 519 g/mol. The van der Waals surface area contributed by atoms with Crippen LogP contribution in [0.3, 0.4) is 0 Å². The normalized spacial score (nSPS) is 14.7. The SMILES string of the molecule is COCCN(C)c1nc(N[C@H](C)c2cc([N+](=O)[O-])cc(C(F)(F)F)c2)c2cc(N3CCCC3)ncc2n1. The van der Waals surface area contributed by atoms with Crippen LogP contribution in [0, 0.1) is 10.1 Å². The summed E-state index contributed by atoms with van der Waals surface area (Å²) in [7, 11) is 3.39. The summed E-state index contributed by atoms with van der Waals surface area (Å²) in [6.07, 6.45) is -0.940. The average Bonchev–Trinajstić information content (AvgIpc) is 3.41. The number of nitro groups is 1. The van der Waals surface area contributed by atoms with Crippen molar-refractivity contribution in [3.8, 4) is 0 Å². The van der Waals surface area contributed by atoms with Gasteiger partial charge in [0.1, 0.15) is 11.6 Å². The number of pyridine rings is 1. The number of halogens is 3. The first-order valence-electron chi connectivity index (χ1n) is 11.8. The van der Waals surface area contributed by atoms with Gasteiger partial charge in [-0.2, -0.15) is 18.2 Å². The Bertz CT molecular complexity index is 1280. The number of alkyl halides is 3. The number of anilines is 3. The van der Waals surface area contributed by atoms with Crippen LogP contribution in [-0.2, 0) is 10.9 Å². The molecule has 3 heterocycles. The van der Waals surface area contributed by atoms with Crippen molar-refractivity contribution in [2.24, 2.45) is 0 Å². The summed E-state index contributed by atoms with van der Waals surface area (Å²) < 4.78 is 45.5. The Morgan fingerprint density at radius 1 is 1.22 bits per heavy atom. The van der Waals surface area contributed by atoms with Crippen molar-refractivity contribution in [3.05, 3.63) is 51.7 Å². The standard InChI is InChI=1S/C24H28F3N7O3/c1-15(16-10-17(24(25,26)27)12-18(11-16)34(35)36)29-22-19-13-21(33-6-4-5-7-33)28-14-20(19)30-23(31-22)32(2)8-9-37-3/h10-15H,4-9H2,1-3H3,(H,29,30,31)/t15-/m1/s1. The molecule has 0 bridgehead atoms. The van der Waals surface area contributed by atoms with Gasteiger partial charge < -0.3 is 19.9 Å². The minimum absolute atomic E-state index is 0.108. The fraction of sp³-hybridized carbons (Fsp3) is 0.458. The maximum absolute atomic E-state index is 13.5. The van der Waals surface area contributed by atoms with E-state index in [4.69, 9.17) is 4.74 Å². The molecular formula is C24H28F3N7O3. The highest BCUT2D eigenvalue weighted by Gasteiger charge is 2.33. The van der Waals surface area contributed by atoms with E-state index in [0.717, 1.165) is 43.9 Å². The van der Waals surface area contributed by atoms with E-state index >= 15 is 0 Å². The first-order chi connectivity index (χ1) is 17.6. The molecule has 0 aliphatic carbocycles. The second-order valence-corrected chi connectivity index (χ2v) is 8.97. The van der Waals surface area contributed by atoms with E-state index in [-0.39, 0.29) is 5.56 Å². The molecule has 0 saturated carbocycles. The summed E-state index contributed by atoms with van der Waals surface area (Å²) >= 11 is 0. The van der Waals surface area contributed by atoms with Gasteiger partial charge in [0.15, 0.2) is 0 Å². The second-order valence-electron chi connectivity index (χ2n) is 8.97. The summed E-state index contributed by atoms with van der Waals surface area (Å²) in [4.78, 5) is 28.3. The number of methoxy groups -OCH3 is 1. The third-order valence-electron chi connectivity index (χ3n) is 6.29. The van der Waals surface area contributed by atoms with Gasteiger partial charge in [0.2, 0.25) is 5.95 Å². The summed E-state index contributed by atoms with van der Waals surface area (Å²) in [5.74, 6) is 1.53. The molecule has 1 aromatic carbocycles. The van der Waals surface area contributed by atoms with E-state index in [1.807, 2.05) is 6.07 Å². The number of ether oxygens (including phenoxy) is 1. The van der Waals surface area contributed by atoms with Gasteiger partial charge in [-0.05, 0) is 37.5 Å². The predicted molar refractivity (Wildman–Crippen MR) is 134 cm³/mol. The number of hydrogen-bond acceptors (Lipinski definition) is 9. The van der Waals surface area contributed by atoms with Crippen LogP contribution in [0.1, 0.15) is 36.9 Å². The van der Waals surface area contributed by atoms with Crippen LogP contribution in [-0.4, -0.2) is 60.3 Å². The number of hydrogen-bond donors (Lipinski definition) is 1. The molecule has 1 atom stereocenters. The van der Waals surface area contributed by atoms with Crippen molar-refractivity contribution in [1.82, 2.24) is 15.0 Å². The number of rotatable bonds is 9. The third-order valence-corrected chi connectivity index (χ3v) is 6.29. The van der Waals surface area contributed by atoms with Gasteiger partial charge in [-0.25, -0.2) is 9.97 Å². The Morgan fingerprint density at radius 3 is 2.59 bits per heavy atom. The van der Waals surface area contributed by atoms with E-state index in [1.54, 1.807) is 32.2 Å². The predicted octanol–water partition coefficient (Wildman–Crippen LogP) is 4.81. The molecule has 3 aromatic rings. The number of non-ortho nitro benzene ring substituents is 1. The smallest absolute Gasteiger partial charge is 0.383 e. The Balaban J connectivity index is 1.77. The number of aromatic nitrogens is 3. The van der Waals surface area contributed by atoms with Gasteiger partial charge >= 0.3 is 6.18 Å². The van der Waals surface area contributed by atoms with Crippen LogP contribution >= 0.6 is 0 Å². The van der Waals surface area contributed by atoms with Crippen LogP contribution in [0.4, 0.5) is 36.4 Å². The number of nitrogens with zero attached hydrogens (tertiary/aromatic N) is 6. The largest absolute Gasteiger partial charge is 0.416 e. The zero-order valence-electron chi connectivity index (χ0n) is 20.7. The highest BCUT2D eigenvalue weighted by Crippen LogP contribution is 2.35. The van der Waals surface area contributed by atoms with E-state index < -0.39 is 28.4 Å². The molecule has 1 saturated heterocycles. The maximum Gasteiger partial charge on any atom is 0.416 e. The minimum atomic E-state index is -4.73. The zero-order valence-corrected chi connectivity index (χ0v) is 20.7. The van der Waals surface area contributed by atoms with E-state index in [2.05, 4.69) is 25.2 Å². The molecule has 0 amide bonds. The van der Waals surface area contributed by atoms with Gasteiger partial charge in [-0.3, -0.25) is 10.1 Å². The van der Waals surface area contributed by atoms with Crippen molar-refractivity contribution < 1.29 is 22.8 Å².